The molecule has 6 nitrogen and oxygen atoms in total. The van der Waals surface area contributed by atoms with Crippen LogP contribution in [0.25, 0.3) is 0 Å². The summed E-state index contributed by atoms with van der Waals surface area (Å²) in [7, 11) is 0. The number of carbonyl (C=O) groups excluding carboxylic acids is 1. The van der Waals surface area contributed by atoms with Crippen molar-refractivity contribution in [3.8, 4) is 0 Å². The highest BCUT2D eigenvalue weighted by Gasteiger charge is 2.31. The maximum absolute atomic E-state index is 11.8. The number of hydrogen-bond donors (Lipinski definition) is 3. The molecule has 3 N–H and O–H groups in total. The molecule has 6 heteroatoms. The number of aliphatic hydroxyl groups is 1. The van der Waals surface area contributed by atoms with Crippen LogP contribution in [-0.4, -0.2) is 34.0 Å². The number of amides is 1. The second kappa shape index (κ2) is 6.58. The molecule has 0 radical (unpaired) electrons. The number of alkyl carbamates (subject to hydrolysis) is 1. The summed E-state index contributed by atoms with van der Waals surface area (Å²) < 4.78 is 5.11. The number of aliphatic hydroxyl groups excluding tert-OH is 1. The summed E-state index contributed by atoms with van der Waals surface area (Å²) in [4.78, 5) is 22.9. The predicted molar refractivity (Wildman–Crippen MR) is 76.9 cm³/mol. The van der Waals surface area contributed by atoms with Crippen molar-refractivity contribution in [2.75, 3.05) is 0 Å². The van der Waals surface area contributed by atoms with Gasteiger partial charge in [0.2, 0.25) is 0 Å². The molecule has 0 aliphatic carbocycles. The van der Waals surface area contributed by atoms with Crippen LogP contribution in [-0.2, 0) is 9.53 Å². The summed E-state index contributed by atoms with van der Waals surface area (Å²) in [6.45, 7) is 6.86. The van der Waals surface area contributed by atoms with Crippen LogP contribution in [0.4, 0.5) is 4.79 Å². The van der Waals surface area contributed by atoms with Gasteiger partial charge in [0.25, 0.3) is 0 Å². The van der Waals surface area contributed by atoms with Gasteiger partial charge in [-0.05, 0) is 38.8 Å². The highest BCUT2D eigenvalue weighted by atomic mass is 16.6. The summed E-state index contributed by atoms with van der Waals surface area (Å²) in [6.07, 6.45) is -2.55. The van der Waals surface area contributed by atoms with E-state index in [0.29, 0.717) is 5.56 Å². The molecule has 1 amide bonds. The zero-order valence-electron chi connectivity index (χ0n) is 12.6. The molecule has 1 aromatic carbocycles. The Kier molecular flexibility index (Phi) is 5.32. The van der Waals surface area contributed by atoms with E-state index in [2.05, 4.69) is 5.32 Å². The Bertz CT molecular complexity index is 521. The predicted octanol–water partition coefficient (Wildman–Crippen LogP) is 2.01. The number of aliphatic carboxylic acids is 1. The minimum Gasteiger partial charge on any atom is -0.479 e. The Morgan fingerprint density at radius 3 is 2.29 bits per heavy atom. The lowest BCUT2D eigenvalue weighted by Gasteiger charge is -2.26. The molecule has 116 valence electrons. The number of carbonyl (C=O) groups is 2. The van der Waals surface area contributed by atoms with Gasteiger partial charge in [-0.15, -0.1) is 0 Å². The van der Waals surface area contributed by atoms with Gasteiger partial charge in [0, 0.05) is 0 Å². The van der Waals surface area contributed by atoms with Crippen molar-refractivity contribution in [2.24, 2.45) is 0 Å². The van der Waals surface area contributed by atoms with Gasteiger partial charge in [-0.1, -0.05) is 24.3 Å². The van der Waals surface area contributed by atoms with E-state index < -0.39 is 29.8 Å². The molecular weight excluding hydrogens is 274 g/mol. The fourth-order valence-electron chi connectivity index (χ4n) is 1.84. The van der Waals surface area contributed by atoms with E-state index in [1.807, 2.05) is 0 Å². The van der Waals surface area contributed by atoms with Gasteiger partial charge in [-0.25, -0.2) is 9.59 Å². The zero-order chi connectivity index (χ0) is 16.2. The van der Waals surface area contributed by atoms with Crippen LogP contribution in [0.15, 0.2) is 24.3 Å². The summed E-state index contributed by atoms with van der Waals surface area (Å²) in [5.74, 6) is -1.42. The van der Waals surface area contributed by atoms with E-state index in [9.17, 15) is 14.7 Å². The molecule has 0 fully saturated rings. The van der Waals surface area contributed by atoms with E-state index in [1.54, 1.807) is 52.0 Å². The first-order valence-electron chi connectivity index (χ1n) is 6.58. The summed E-state index contributed by atoms with van der Waals surface area (Å²) in [5, 5.41) is 21.3. The standard InChI is InChI=1S/C15H21NO5/c1-9-7-5-6-8-10(9)11(12(17)13(18)19)16-14(20)21-15(2,3)4/h5-8,11-12,17H,1-4H3,(H,16,20)(H,18,19)/t11-,12-/m1/s1. The van der Waals surface area contributed by atoms with Crippen LogP contribution in [0.3, 0.4) is 0 Å². The molecule has 0 saturated heterocycles. The molecule has 2 atom stereocenters. The van der Waals surface area contributed by atoms with Crippen LogP contribution in [0.2, 0.25) is 0 Å². The van der Waals surface area contributed by atoms with Crippen molar-refractivity contribution in [3.05, 3.63) is 35.4 Å². The molecule has 1 aromatic rings. The second-order valence-corrected chi connectivity index (χ2v) is 5.76. The van der Waals surface area contributed by atoms with Crippen LogP contribution in [0.5, 0.6) is 0 Å². The van der Waals surface area contributed by atoms with Crippen molar-refractivity contribution in [2.45, 2.75) is 45.4 Å². The van der Waals surface area contributed by atoms with E-state index >= 15 is 0 Å². The Balaban J connectivity index is 3.02. The fraction of sp³-hybridized carbons (Fsp3) is 0.467. The maximum Gasteiger partial charge on any atom is 0.408 e. The smallest absolute Gasteiger partial charge is 0.408 e. The van der Waals surface area contributed by atoms with E-state index in [1.165, 1.54) is 0 Å². The quantitative estimate of drug-likeness (QED) is 0.789. The largest absolute Gasteiger partial charge is 0.479 e. The van der Waals surface area contributed by atoms with Crippen LogP contribution >= 0.6 is 0 Å². The minimum atomic E-state index is -1.77. The number of rotatable bonds is 4. The topological polar surface area (TPSA) is 95.9 Å². The average Bonchev–Trinajstić information content (AvgIpc) is 2.34. The number of hydrogen-bond acceptors (Lipinski definition) is 4. The summed E-state index contributed by atoms with van der Waals surface area (Å²) in [6, 6.07) is 5.84. The number of aryl methyl sites for hydroxylation is 1. The Morgan fingerprint density at radius 2 is 1.81 bits per heavy atom. The SMILES string of the molecule is Cc1ccccc1[C@@H](NC(=O)OC(C)(C)C)[C@@H](O)C(=O)O. The monoisotopic (exact) mass is 295 g/mol. The van der Waals surface area contributed by atoms with Crippen molar-refractivity contribution >= 4 is 12.1 Å². The summed E-state index contributed by atoms with van der Waals surface area (Å²) >= 11 is 0. The number of carboxylic acid groups (broad SMARTS) is 1. The molecule has 0 saturated carbocycles. The van der Waals surface area contributed by atoms with Gasteiger partial charge in [0.1, 0.15) is 5.60 Å². The van der Waals surface area contributed by atoms with Gasteiger partial charge in [-0.2, -0.15) is 0 Å². The van der Waals surface area contributed by atoms with Gasteiger partial charge in [-0.3, -0.25) is 0 Å². The third-order valence-corrected chi connectivity index (χ3v) is 2.76. The lowest BCUT2D eigenvalue weighted by atomic mass is 9.97. The molecule has 0 unspecified atom stereocenters. The van der Waals surface area contributed by atoms with Crippen molar-refractivity contribution in [1.82, 2.24) is 5.32 Å². The number of ether oxygens (including phenoxy) is 1. The van der Waals surface area contributed by atoms with Gasteiger partial charge in [0.15, 0.2) is 6.10 Å². The highest BCUT2D eigenvalue weighted by Crippen LogP contribution is 2.22. The maximum atomic E-state index is 11.8. The molecular formula is C15H21NO5. The fourth-order valence-corrected chi connectivity index (χ4v) is 1.84. The van der Waals surface area contributed by atoms with Gasteiger partial charge < -0.3 is 20.3 Å². The molecule has 0 bridgehead atoms. The number of carboxylic acids is 1. The normalized spacial score (nSPS) is 14.1. The number of nitrogens with one attached hydrogen (secondary N) is 1. The first-order chi connectivity index (χ1) is 9.61. The molecule has 21 heavy (non-hydrogen) atoms. The zero-order valence-corrected chi connectivity index (χ0v) is 12.6. The lowest BCUT2D eigenvalue weighted by Crippen LogP contribution is -2.42. The molecule has 0 aliphatic heterocycles. The molecule has 0 spiro atoms. The van der Waals surface area contributed by atoms with E-state index in [4.69, 9.17) is 9.84 Å². The van der Waals surface area contributed by atoms with Crippen molar-refractivity contribution in [3.63, 3.8) is 0 Å². The van der Waals surface area contributed by atoms with Crippen molar-refractivity contribution < 1.29 is 24.5 Å². The van der Waals surface area contributed by atoms with E-state index in [0.717, 1.165) is 5.56 Å². The van der Waals surface area contributed by atoms with Crippen LogP contribution in [0.1, 0.15) is 37.9 Å². The van der Waals surface area contributed by atoms with Gasteiger partial charge in [0.05, 0.1) is 6.04 Å². The molecule has 0 aliphatic rings. The van der Waals surface area contributed by atoms with Crippen molar-refractivity contribution in [1.29, 1.82) is 0 Å². The average molecular weight is 295 g/mol. The highest BCUT2D eigenvalue weighted by molar-refractivity contribution is 5.76. The lowest BCUT2D eigenvalue weighted by molar-refractivity contribution is -0.148. The molecule has 0 aromatic heterocycles. The Labute approximate surface area is 123 Å². The molecule has 0 heterocycles. The first-order valence-corrected chi connectivity index (χ1v) is 6.58. The first kappa shape index (κ1) is 17.0. The Hall–Kier alpha value is -2.08. The minimum absolute atomic E-state index is 0.526. The third-order valence-electron chi connectivity index (χ3n) is 2.76. The van der Waals surface area contributed by atoms with Crippen LogP contribution < -0.4 is 5.32 Å². The Morgan fingerprint density at radius 1 is 1.24 bits per heavy atom. The van der Waals surface area contributed by atoms with E-state index in [-0.39, 0.29) is 0 Å². The summed E-state index contributed by atoms with van der Waals surface area (Å²) in [5.41, 5.74) is 0.575. The number of benzene rings is 1. The molecule has 1 rings (SSSR count). The van der Waals surface area contributed by atoms with Gasteiger partial charge >= 0.3 is 12.1 Å². The third kappa shape index (κ3) is 5.07. The second-order valence-electron chi connectivity index (χ2n) is 5.76. The van der Waals surface area contributed by atoms with Crippen LogP contribution in [0, 0.1) is 6.92 Å².